The molecule has 0 aliphatic carbocycles. The summed E-state index contributed by atoms with van der Waals surface area (Å²) < 4.78 is 5.23. The van der Waals surface area contributed by atoms with Gasteiger partial charge in [-0.3, -0.25) is 38.5 Å². The van der Waals surface area contributed by atoms with Gasteiger partial charge in [0.05, 0.1) is 5.92 Å². The van der Waals surface area contributed by atoms with Crippen molar-refractivity contribution in [2.45, 2.75) is 84.9 Å². The highest BCUT2D eigenvalue weighted by atomic mass is 16.5. The average molecular weight is 700 g/mol. The number of amides is 8. The number of nitrogens with zero attached hydrogens (tertiary/aromatic N) is 1. The zero-order chi connectivity index (χ0) is 37.2. The standard InChI is InChI=1S/C34H49N7O9/c1-21(2)30(40-26(42)10-6-5-7-17-36-27(43)19-41-28(44)15-16-29(41)45)32(47)39-25(9-8-18-37-34(35)49)31(46)38-24-13-11-23(12-14-24)20-50-33(48)22(3)4/h11-16,21-22,25,30H,5-10,17-20H2,1-4H3,(H,36,43)(H,38,46)(H,39,47)(H,40,42)(H3,35,37,49)/t25-,30-/m0/s1. The molecule has 0 radical (unpaired) electrons. The average Bonchev–Trinajstić information content (AvgIpc) is 3.37. The summed E-state index contributed by atoms with van der Waals surface area (Å²) in [5.74, 6) is -3.83. The van der Waals surface area contributed by atoms with E-state index < -0.39 is 47.7 Å². The normalized spacial score (nSPS) is 13.5. The number of imide groups is 1. The fraction of sp³-hybridized carbons (Fsp3) is 0.529. The van der Waals surface area contributed by atoms with Gasteiger partial charge in [-0.05, 0) is 49.3 Å². The van der Waals surface area contributed by atoms with Crippen LogP contribution in [0.4, 0.5) is 10.5 Å². The quantitative estimate of drug-likeness (QED) is 0.0609. The molecule has 16 nitrogen and oxygen atoms in total. The summed E-state index contributed by atoms with van der Waals surface area (Å²) in [7, 11) is 0. The summed E-state index contributed by atoms with van der Waals surface area (Å²) in [5, 5.41) is 13.3. The van der Waals surface area contributed by atoms with Gasteiger partial charge in [0.2, 0.25) is 23.6 Å². The summed E-state index contributed by atoms with van der Waals surface area (Å²) in [6.07, 6.45) is 4.47. The molecule has 0 saturated heterocycles. The molecule has 274 valence electrons. The molecule has 1 aliphatic rings. The van der Waals surface area contributed by atoms with Crippen molar-refractivity contribution in [1.82, 2.24) is 26.2 Å². The Balaban J connectivity index is 1.87. The zero-order valence-electron chi connectivity index (χ0n) is 29.0. The lowest BCUT2D eigenvalue weighted by Gasteiger charge is -2.25. The lowest BCUT2D eigenvalue weighted by molar-refractivity contribution is -0.148. The summed E-state index contributed by atoms with van der Waals surface area (Å²) in [6.45, 7) is 7.21. The van der Waals surface area contributed by atoms with Crippen LogP contribution < -0.4 is 32.3 Å². The predicted octanol–water partition coefficient (Wildman–Crippen LogP) is 1.00. The third kappa shape index (κ3) is 14.9. The number of ether oxygens (including phenoxy) is 1. The van der Waals surface area contributed by atoms with Gasteiger partial charge in [-0.2, -0.15) is 0 Å². The molecule has 1 aromatic rings. The van der Waals surface area contributed by atoms with Crippen molar-refractivity contribution in [2.24, 2.45) is 17.6 Å². The number of unbranched alkanes of at least 4 members (excludes halogenated alkanes) is 2. The highest BCUT2D eigenvalue weighted by molar-refractivity contribution is 6.14. The van der Waals surface area contributed by atoms with Crippen LogP contribution in [0.1, 0.15) is 71.8 Å². The van der Waals surface area contributed by atoms with Crippen molar-refractivity contribution >= 4 is 53.1 Å². The monoisotopic (exact) mass is 699 g/mol. The molecule has 16 heteroatoms. The molecule has 1 aliphatic heterocycles. The lowest BCUT2D eigenvalue weighted by Crippen LogP contribution is -2.54. The van der Waals surface area contributed by atoms with Crippen LogP contribution in [0, 0.1) is 11.8 Å². The van der Waals surface area contributed by atoms with Crippen LogP contribution in [0.3, 0.4) is 0 Å². The fourth-order valence-electron chi connectivity index (χ4n) is 4.67. The smallest absolute Gasteiger partial charge is 0.312 e. The molecule has 2 atom stereocenters. The van der Waals surface area contributed by atoms with E-state index in [1.54, 1.807) is 52.0 Å². The maximum absolute atomic E-state index is 13.4. The molecule has 0 aromatic heterocycles. The molecule has 8 amide bonds. The molecular formula is C34H49N7O9. The number of carbonyl (C=O) groups excluding carboxylic acids is 8. The first-order valence-electron chi connectivity index (χ1n) is 16.7. The van der Waals surface area contributed by atoms with Gasteiger partial charge in [0.25, 0.3) is 11.8 Å². The number of benzene rings is 1. The molecular weight excluding hydrogens is 650 g/mol. The Morgan fingerprint density at radius 2 is 1.42 bits per heavy atom. The van der Waals surface area contributed by atoms with Gasteiger partial charge in [-0.15, -0.1) is 0 Å². The zero-order valence-corrected chi connectivity index (χ0v) is 29.0. The van der Waals surface area contributed by atoms with E-state index in [0.29, 0.717) is 37.9 Å². The van der Waals surface area contributed by atoms with Crippen molar-refractivity contribution in [1.29, 1.82) is 0 Å². The van der Waals surface area contributed by atoms with Gasteiger partial charge < -0.3 is 37.1 Å². The molecule has 50 heavy (non-hydrogen) atoms. The van der Waals surface area contributed by atoms with Crippen LogP contribution in [0.15, 0.2) is 36.4 Å². The van der Waals surface area contributed by atoms with E-state index in [1.807, 2.05) is 0 Å². The Bertz CT molecular complexity index is 1390. The maximum atomic E-state index is 13.4. The van der Waals surface area contributed by atoms with E-state index in [1.165, 1.54) is 0 Å². The highest BCUT2D eigenvalue weighted by Crippen LogP contribution is 2.14. The Morgan fingerprint density at radius 3 is 2.02 bits per heavy atom. The number of carbonyl (C=O) groups is 8. The molecule has 0 unspecified atom stereocenters. The van der Waals surface area contributed by atoms with Gasteiger partial charge in [-0.1, -0.05) is 46.2 Å². The minimum Gasteiger partial charge on any atom is -0.461 e. The third-order valence-corrected chi connectivity index (χ3v) is 7.55. The van der Waals surface area contributed by atoms with E-state index in [2.05, 4.69) is 26.6 Å². The molecule has 1 aromatic carbocycles. The van der Waals surface area contributed by atoms with Gasteiger partial charge in [0, 0.05) is 37.3 Å². The Morgan fingerprint density at radius 1 is 0.780 bits per heavy atom. The molecule has 0 saturated carbocycles. The number of urea groups is 1. The summed E-state index contributed by atoms with van der Waals surface area (Å²) in [4.78, 5) is 98.2. The van der Waals surface area contributed by atoms with Crippen molar-refractivity contribution in [3.63, 3.8) is 0 Å². The number of hydrogen-bond donors (Lipinski definition) is 6. The summed E-state index contributed by atoms with van der Waals surface area (Å²) in [6, 6.07) is 4.04. The molecule has 0 spiro atoms. The number of nitrogens with one attached hydrogen (secondary N) is 5. The minimum atomic E-state index is -1.00. The molecule has 2 rings (SSSR count). The van der Waals surface area contributed by atoms with Crippen LogP contribution in [0.25, 0.3) is 0 Å². The van der Waals surface area contributed by atoms with E-state index in [0.717, 1.165) is 22.6 Å². The van der Waals surface area contributed by atoms with Crippen LogP contribution in [-0.2, 0) is 44.9 Å². The number of hydrogen-bond acceptors (Lipinski definition) is 9. The topological polar surface area (TPSA) is 235 Å². The maximum Gasteiger partial charge on any atom is 0.312 e. The molecule has 0 bridgehead atoms. The van der Waals surface area contributed by atoms with Crippen molar-refractivity contribution < 1.29 is 43.1 Å². The molecule has 0 fully saturated rings. The summed E-state index contributed by atoms with van der Waals surface area (Å²) in [5.41, 5.74) is 6.31. The Labute approximate surface area is 291 Å². The van der Waals surface area contributed by atoms with Crippen LogP contribution in [0.5, 0.6) is 0 Å². The second kappa shape index (κ2) is 20.9. The van der Waals surface area contributed by atoms with Gasteiger partial charge >= 0.3 is 12.0 Å². The van der Waals surface area contributed by atoms with Gasteiger partial charge in [0.15, 0.2) is 0 Å². The number of nitrogens with two attached hydrogens (primary N) is 1. The van der Waals surface area contributed by atoms with Crippen LogP contribution in [-0.4, -0.2) is 84.1 Å². The van der Waals surface area contributed by atoms with E-state index in [9.17, 15) is 38.4 Å². The van der Waals surface area contributed by atoms with Crippen molar-refractivity contribution in [3.8, 4) is 0 Å². The Hall–Kier alpha value is -5.28. The number of primary amides is 1. The second-order valence-corrected chi connectivity index (χ2v) is 12.5. The van der Waals surface area contributed by atoms with Crippen molar-refractivity contribution in [3.05, 3.63) is 42.0 Å². The third-order valence-electron chi connectivity index (χ3n) is 7.55. The summed E-state index contributed by atoms with van der Waals surface area (Å²) >= 11 is 0. The SMILES string of the molecule is CC(C)C(=O)OCc1ccc(NC(=O)[C@H](CCCNC(N)=O)NC(=O)[C@@H](NC(=O)CCCCCNC(=O)CN2C(=O)C=CC2=O)C(C)C)cc1. The first-order chi connectivity index (χ1) is 23.7. The molecule has 7 N–H and O–H groups in total. The fourth-order valence-corrected chi connectivity index (χ4v) is 4.67. The van der Waals surface area contributed by atoms with Gasteiger partial charge in [0.1, 0.15) is 25.2 Å². The Kier molecular flexibility index (Phi) is 17.1. The number of rotatable bonds is 21. The van der Waals surface area contributed by atoms with Crippen LogP contribution >= 0.6 is 0 Å². The lowest BCUT2D eigenvalue weighted by atomic mass is 10.0. The minimum absolute atomic E-state index is 0.0859. The van der Waals surface area contributed by atoms with Gasteiger partial charge in [-0.25, -0.2) is 4.79 Å². The highest BCUT2D eigenvalue weighted by Gasteiger charge is 2.29. The largest absolute Gasteiger partial charge is 0.461 e. The van der Waals surface area contributed by atoms with Crippen molar-refractivity contribution in [2.75, 3.05) is 25.0 Å². The van der Waals surface area contributed by atoms with E-state index >= 15 is 0 Å². The predicted molar refractivity (Wildman–Crippen MR) is 183 cm³/mol. The van der Waals surface area contributed by atoms with E-state index in [-0.39, 0.29) is 56.3 Å². The first-order valence-corrected chi connectivity index (χ1v) is 16.7. The first kappa shape index (κ1) is 40.9. The van der Waals surface area contributed by atoms with E-state index in [4.69, 9.17) is 10.5 Å². The van der Waals surface area contributed by atoms with Crippen LogP contribution in [0.2, 0.25) is 0 Å². The number of esters is 1. The second-order valence-electron chi connectivity index (χ2n) is 12.5. The molecule has 1 heterocycles. The number of anilines is 1.